The highest BCUT2D eigenvalue weighted by Gasteiger charge is 2.22. The standard InChI is InChI=1S/C9H14N2O2/c1-3-4-8(9(12)13)11-6-5-10(2)7-11/h5-8H,3-4H2,1-2H3/p+1. The van der Waals surface area contributed by atoms with Gasteiger partial charge in [0.15, 0.2) is 6.04 Å². The summed E-state index contributed by atoms with van der Waals surface area (Å²) in [6, 6.07) is -0.425. The van der Waals surface area contributed by atoms with E-state index in [-0.39, 0.29) is 0 Å². The van der Waals surface area contributed by atoms with Crippen molar-refractivity contribution in [2.24, 2.45) is 7.05 Å². The van der Waals surface area contributed by atoms with Crippen LogP contribution in [0.1, 0.15) is 25.8 Å². The smallest absolute Gasteiger partial charge is 0.349 e. The zero-order valence-electron chi connectivity index (χ0n) is 7.97. The minimum absolute atomic E-state index is 0.425. The third-order valence-corrected chi connectivity index (χ3v) is 2.00. The summed E-state index contributed by atoms with van der Waals surface area (Å²) in [6.45, 7) is 1.99. The second-order valence-corrected chi connectivity index (χ2v) is 3.17. The lowest BCUT2D eigenvalue weighted by molar-refractivity contribution is -0.671. The van der Waals surface area contributed by atoms with E-state index < -0.39 is 12.0 Å². The maximum absolute atomic E-state index is 10.9. The number of carbonyl (C=O) groups is 1. The minimum atomic E-state index is -0.766. The normalized spacial score (nSPS) is 12.8. The Kier molecular flexibility index (Phi) is 3.06. The van der Waals surface area contributed by atoms with E-state index >= 15 is 0 Å². The van der Waals surface area contributed by atoms with Crippen LogP contribution >= 0.6 is 0 Å². The molecular weight excluding hydrogens is 168 g/mol. The highest BCUT2D eigenvalue weighted by atomic mass is 16.4. The monoisotopic (exact) mass is 183 g/mol. The van der Waals surface area contributed by atoms with Gasteiger partial charge in [-0.05, 0) is 6.42 Å². The first-order chi connectivity index (χ1) is 6.15. The molecule has 1 aromatic heterocycles. The molecule has 0 aliphatic rings. The van der Waals surface area contributed by atoms with Crippen molar-refractivity contribution < 1.29 is 14.5 Å². The van der Waals surface area contributed by atoms with Crippen LogP contribution in [0.2, 0.25) is 0 Å². The Hall–Kier alpha value is -1.32. The molecule has 1 unspecified atom stereocenters. The number of carboxylic acids is 1. The molecule has 1 heterocycles. The van der Waals surface area contributed by atoms with Crippen molar-refractivity contribution in [1.82, 2.24) is 4.57 Å². The van der Waals surface area contributed by atoms with Crippen LogP contribution in [0.3, 0.4) is 0 Å². The quantitative estimate of drug-likeness (QED) is 0.700. The topological polar surface area (TPSA) is 46.1 Å². The summed E-state index contributed by atoms with van der Waals surface area (Å²) in [6.07, 6.45) is 6.96. The molecule has 0 aliphatic carbocycles. The van der Waals surface area contributed by atoms with E-state index in [1.54, 1.807) is 17.1 Å². The van der Waals surface area contributed by atoms with Crippen molar-refractivity contribution >= 4 is 5.97 Å². The van der Waals surface area contributed by atoms with Gasteiger partial charge in [-0.1, -0.05) is 13.3 Å². The largest absolute Gasteiger partial charge is 0.478 e. The maximum Gasteiger partial charge on any atom is 0.349 e. The average Bonchev–Trinajstić information content (AvgIpc) is 2.46. The molecule has 0 saturated heterocycles. The number of aryl methyl sites for hydroxylation is 1. The number of hydrogen-bond acceptors (Lipinski definition) is 1. The first kappa shape index (κ1) is 9.77. The SMILES string of the molecule is CCCC(C(=O)O)n1cc[n+](C)c1. The predicted octanol–water partition coefficient (Wildman–Crippen LogP) is 0.738. The van der Waals surface area contributed by atoms with Gasteiger partial charge in [0.2, 0.25) is 6.33 Å². The summed E-state index contributed by atoms with van der Waals surface area (Å²) in [4.78, 5) is 10.9. The molecule has 1 aromatic rings. The first-order valence-corrected chi connectivity index (χ1v) is 4.40. The van der Waals surface area contributed by atoms with Crippen LogP contribution in [0.25, 0.3) is 0 Å². The number of carboxylic acid groups (broad SMARTS) is 1. The fraction of sp³-hybridized carbons (Fsp3) is 0.556. The van der Waals surface area contributed by atoms with Crippen LogP contribution in [-0.2, 0) is 11.8 Å². The third kappa shape index (κ3) is 2.31. The van der Waals surface area contributed by atoms with Crippen LogP contribution < -0.4 is 4.57 Å². The van der Waals surface area contributed by atoms with Gasteiger partial charge in [-0.25, -0.2) is 13.9 Å². The number of rotatable bonds is 4. The summed E-state index contributed by atoms with van der Waals surface area (Å²) in [5.41, 5.74) is 0. The van der Waals surface area contributed by atoms with Crippen LogP contribution in [-0.4, -0.2) is 15.6 Å². The van der Waals surface area contributed by atoms with E-state index in [9.17, 15) is 4.79 Å². The van der Waals surface area contributed by atoms with Crippen LogP contribution in [0, 0.1) is 0 Å². The highest BCUT2D eigenvalue weighted by molar-refractivity contribution is 5.71. The van der Waals surface area contributed by atoms with Gasteiger partial charge in [0.05, 0.1) is 7.05 Å². The lowest BCUT2D eigenvalue weighted by Crippen LogP contribution is -2.26. The molecule has 1 N–H and O–H groups in total. The Morgan fingerprint density at radius 2 is 2.38 bits per heavy atom. The number of hydrogen-bond donors (Lipinski definition) is 1. The van der Waals surface area contributed by atoms with E-state index in [1.165, 1.54) is 0 Å². The number of imidazole rings is 1. The molecule has 4 nitrogen and oxygen atoms in total. The highest BCUT2D eigenvalue weighted by Crippen LogP contribution is 2.12. The summed E-state index contributed by atoms with van der Waals surface area (Å²) in [5.74, 6) is -0.766. The minimum Gasteiger partial charge on any atom is -0.478 e. The zero-order valence-corrected chi connectivity index (χ0v) is 7.97. The summed E-state index contributed by atoms with van der Waals surface area (Å²) in [7, 11) is 1.88. The molecule has 0 fully saturated rings. The van der Waals surface area contributed by atoms with Crippen LogP contribution in [0.5, 0.6) is 0 Å². The first-order valence-electron chi connectivity index (χ1n) is 4.40. The van der Waals surface area contributed by atoms with Gasteiger partial charge in [0.25, 0.3) is 0 Å². The summed E-state index contributed by atoms with van der Waals surface area (Å²) < 4.78 is 3.57. The van der Waals surface area contributed by atoms with E-state index in [4.69, 9.17) is 5.11 Å². The van der Waals surface area contributed by atoms with Crippen molar-refractivity contribution in [2.75, 3.05) is 0 Å². The molecule has 4 heteroatoms. The predicted molar refractivity (Wildman–Crippen MR) is 47.2 cm³/mol. The molecule has 0 amide bonds. The summed E-state index contributed by atoms with van der Waals surface area (Å²) >= 11 is 0. The fourth-order valence-electron chi connectivity index (χ4n) is 1.33. The Morgan fingerprint density at radius 3 is 2.77 bits per heavy atom. The molecule has 0 bridgehead atoms. The maximum atomic E-state index is 10.9. The lowest BCUT2D eigenvalue weighted by atomic mass is 10.2. The van der Waals surface area contributed by atoms with Crippen LogP contribution in [0.4, 0.5) is 0 Å². The molecule has 1 atom stereocenters. The molecule has 72 valence electrons. The summed E-state index contributed by atoms with van der Waals surface area (Å²) in [5, 5.41) is 8.94. The zero-order chi connectivity index (χ0) is 9.84. The molecule has 0 radical (unpaired) electrons. The van der Waals surface area contributed by atoms with Crippen molar-refractivity contribution in [3.63, 3.8) is 0 Å². The fourth-order valence-corrected chi connectivity index (χ4v) is 1.33. The van der Waals surface area contributed by atoms with Crippen molar-refractivity contribution in [3.05, 3.63) is 18.7 Å². The molecule has 1 rings (SSSR count). The van der Waals surface area contributed by atoms with Gasteiger partial charge in [0.1, 0.15) is 12.4 Å². The molecule has 13 heavy (non-hydrogen) atoms. The third-order valence-electron chi connectivity index (χ3n) is 2.00. The van der Waals surface area contributed by atoms with Crippen LogP contribution in [0.15, 0.2) is 18.7 Å². The van der Waals surface area contributed by atoms with E-state index in [1.807, 2.05) is 24.7 Å². The van der Waals surface area contributed by atoms with Gasteiger partial charge in [-0.2, -0.15) is 0 Å². The second kappa shape index (κ2) is 4.07. The van der Waals surface area contributed by atoms with E-state index in [0.29, 0.717) is 6.42 Å². The van der Waals surface area contributed by atoms with E-state index in [2.05, 4.69) is 0 Å². The Balaban J connectivity index is 2.81. The van der Waals surface area contributed by atoms with Crippen molar-refractivity contribution in [1.29, 1.82) is 0 Å². The second-order valence-electron chi connectivity index (χ2n) is 3.17. The van der Waals surface area contributed by atoms with Crippen molar-refractivity contribution in [2.45, 2.75) is 25.8 Å². The Labute approximate surface area is 77.4 Å². The molecule has 0 spiro atoms. The van der Waals surface area contributed by atoms with Gasteiger partial charge in [-0.3, -0.25) is 0 Å². The Morgan fingerprint density at radius 1 is 1.69 bits per heavy atom. The van der Waals surface area contributed by atoms with Gasteiger partial charge in [0, 0.05) is 0 Å². The van der Waals surface area contributed by atoms with Crippen molar-refractivity contribution in [3.8, 4) is 0 Å². The van der Waals surface area contributed by atoms with Gasteiger partial charge >= 0.3 is 5.97 Å². The van der Waals surface area contributed by atoms with Gasteiger partial charge < -0.3 is 5.11 Å². The average molecular weight is 183 g/mol. The molecular formula is C9H15N2O2+. The molecule has 0 saturated carbocycles. The number of aliphatic carboxylic acids is 1. The van der Waals surface area contributed by atoms with E-state index in [0.717, 1.165) is 6.42 Å². The van der Waals surface area contributed by atoms with Gasteiger partial charge in [-0.15, -0.1) is 0 Å². The molecule has 0 aromatic carbocycles. The Bertz CT molecular complexity index is 294. The number of nitrogens with zero attached hydrogens (tertiary/aromatic N) is 2. The lowest BCUT2D eigenvalue weighted by Gasteiger charge is -2.06. The molecule has 0 aliphatic heterocycles. The number of aromatic nitrogens is 2.